The standard InChI is InChI=1S/C36H44O7/c1-8-20(9-2)14-22-15-23(21-12-10-11-13-21)24-16-34(6)17-35(7)27(18(3)4)30(39)25(19(5)37)32(41)36(35,43)33(42)28(34)31(40)26(24)29(22)38/h10,12-13,15,18,20,27,38,40-41,43H,8-9,11,14,16-17H2,1-7H3/t27?,34-,35-,36+/m1/s1. The molecular weight excluding hydrogens is 544 g/mol. The Morgan fingerprint density at radius 1 is 1.09 bits per heavy atom. The van der Waals surface area contributed by atoms with E-state index in [1.54, 1.807) is 20.8 Å². The van der Waals surface area contributed by atoms with Crippen LogP contribution in [0.3, 0.4) is 0 Å². The van der Waals surface area contributed by atoms with Crippen molar-refractivity contribution in [2.45, 2.75) is 92.6 Å². The molecule has 4 N–H and O–H groups in total. The first kappa shape index (κ1) is 31.0. The Labute approximate surface area is 253 Å². The van der Waals surface area contributed by atoms with Gasteiger partial charge >= 0.3 is 0 Å². The van der Waals surface area contributed by atoms with Crippen LogP contribution in [0.1, 0.15) is 96.4 Å². The summed E-state index contributed by atoms with van der Waals surface area (Å²) in [5.41, 5.74) is -2.36. The van der Waals surface area contributed by atoms with E-state index in [-0.39, 0.29) is 35.6 Å². The van der Waals surface area contributed by atoms with Gasteiger partial charge in [0.05, 0.1) is 5.56 Å². The summed E-state index contributed by atoms with van der Waals surface area (Å²) in [6.07, 6.45) is 9.71. The van der Waals surface area contributed by atoms with Crippen LogP contribution in [-0.2, 0) is 27.2 Å². The summed E-state index contributed by atoms with van der Waals surface area (Å²) in [6.45, 7) is 12.4. The highest BCUT2D eigenvalue weighted by Crippen LogP contribution is 2.65. The lowest BCUT2D eigenvalue weighted by atomic mass is 9.43. The van der Waals surface area contributed by atoms with Crippen molar-refractivity contribution >= 4 is 28.7 Å². The number of rotatable bonds is 7. The summed E-state index contributed by atoms with van der Waals surface area (Å²) in [4.78, 5) is 41.0. The predicted molar refractivity (Wildman–Crippen MR) is 165 cm³/mol. The van der Waals surface area contributed by atoms with Crippen molar-refractivity contribution in [1.82, 2.24) is 0 Å². The lowest BCUT2D eigenvalue weighted by molar-refractivity contribution is -0.178. The number of aliphatic hydroxyl groups is 3. The SMILES string of the molecule is CCC(CC)Cc1cc(C2=CCC=C2)c2c(c1O)C(O)=C1C(=O)[C@@]3(O)C(O)=C(C(C)=O)C(=O)C(C(C)C)[C@@]3(C)C[C@@]1(C)C2. The van der Waals surface area contributed by atoms with E-state index in [1.165, 1.54) is 0 Å². The molecule has 4 aliphatic rings. The first-order valence-electron chi connectivity index (χ1n) is 15.5. The first-order chi connectivity index (χ1) is 20.1. The third kappa shape index (κ3) is 4.14. The molecule has 1 aromatic rings. The van der Waals surface area contributed by atoms with Gasteiger partial charge in [0.1, 0.15) is 22.8 Å². The van der Waals surface area contributed by atoms with E-state index in [2.05, 4.69) is 26.0 Å². The third-order valence-corrected chi connectivity index (χ3v) is 10.8. The number of carbonyl (C=O) groups excluding carboxylic acids is 3. The smallest absolute Gasteiger partial charge is 0.203 e. The van der Waals surface area contributed by atoms with Crippen LogP contribution >= 0.6 is 0 Å². The number of aromatic hydroxyl groups is 1. The molecule has 0 amide bonds. The van der Waals surface area contributed by atoms with Gasteiger partial charge in [-0.2, -0.15) is 0 Å². The number of phenolic OH excluding ortho intramolecular Hbond substituents is 1. The molecule has 5 rings (SSSR count). The molecule has 0 spiro atoms. The van der Waals surface area contributed by atoms with Gasteiger partial charge in [-0.1, -0.05) is 72.6 Å². The molecule has 7 nitrogen and oxygen atoms in total. The molecule has 1 unspecified atom stereocenters. The summed E-state index contributed by atoms with van der Waals surface area (Å²) in [6, 6.07) is 2.01. The highest BCUT2D eigenvalue weighted by atomic mass is 16.3. The Kier molecular flexibility index (Phi) is 7.44. The molecule has 1 saturated carbocycles. The van der Waals surface area contributed by atoms with Crippen molar-refractivity contribution in [1.29, 1.82) is 0 Å². The van der Waals surface area contributed by atoms with Crippen molar-refractivity contribution in [3.8, 4) is 5.75 Å². The van der Waals surface area contributed by atoms with Crippen molar-refractivity contribution in [3.05, 3.63) is 63.5 Å². The second kappa shape index (κ2) is 10.3. The van der Waals surface area contributed by atoms with Gasteiger partial charge in [0.15, 0.2) is 17.2 Å². The summed E-state index contributed by atoms with van der Waals surface area (Å²) in [5, 5.41) is 47.4. The minimum atomic E-state index is -2.61. The van der Waals surface area contributed by atoms with Crippen LogP contribution in [0.5, 0.6) is 5.75 Å². The monoisotopic (exact) mass is 588 g/mol. The van der Waals surface area contributed by atoms with Gasteiger partial charge in [0.25, 0.3) is 0 Å². The second-order valence-corrected chi connectivity index (χ2v) is 13.9. The normalized spacial score (nSPS) is 30.2. The minimum absolute atomic E-state index is 0.0789. The lowest BCUT2D eigenvalue weighted by Crippen LogP contribution is -2.69. The topological polar surface area (TPSA) is 132 Å². The number of hydrogen-bond donors (Lipinski definition) is 4. The Bertz CT molecular complexity index is 1570. The second-order valence-electron chi connectivity index (χ2n) is 13.9. The Morgan fingerprint density at radius 3 is 2.28 bits per heavy atom. The predicted octanol–water partition coefficient (Wildman–Crippen LogP) is 6.51. The fraction of sp³-hybridized carbons (Fsp3) is 0.528. The molecule has 43 heavy (non-hydrogen) atoms. The summed E-state index contributed by atoms with van der Waals surface area (Å²) in [7, 11) is 0. The van der Waals surface area contributed by atoms with Crippen LogP contribution < -0.4 is 0 Å². The fourth-order valence-corrected chi connectivity index (χ4v) is 8.80. The Balaban J connectivity index is 1.83. The lowest BCUT2D eigenvalue weighted by Gasteiger charge is -2.59. The van der Waals surface area contributed by atoms with E-state index < -0.39 is 56.8 Å². The molecule has 0 aromatic heterocycles. The molecule has 7 heteroatoms. The quantitative estimate of drug-likeness (QED) is 0.267. The molecule has 4 atom stereocenters. The van der Waals surface area contributed by atoms with Crippen molar-refractivity contribution in [2.24, 2.45) is 28.6 Å². The van der Waals surface area contributed by atoms with Gasteiger partial charge in [-0.15, -0.1) is 0 Å². The highest BCUT2D eigenvalue weighted by molar-refractivity contribution is 6.24. The van der Waals surface area contributed by atoms with E-state index in [1.807, 2.05) is 19.1 Å². The van der Waals surface area contributed by atoms with Crippen LogP contribution in [-0.4, -0.2) is 43.4 Å². The maximum atomic E-state index is 14.6. The molecule has 0 saturated heterocycles. The number of aliphatic hydroxyl groups excluding tert-OH is 2. The first-order valence-corrected chi connectivity index (χ1v) is 15.5. The van der Waals surface area contributed by atoms with Crippen molar-refractivity contribution in [2.75, 3.05) is 0 Å². The zero-order valence-electron chi connectivity index (χ0n) is 26.3. The van der Waals surface area contributed by atoms with Crippen LogP contribution in [0.25, 0.3) is 11.3 Å². The average molecular weight is 589 g/mol. The zero-order valence-corrected chi connectivity index (χ0v) is 26.3. The minimum Gasteiger partial charge on any atom is -0.508 e. The Hall–Kier alpha value is -3.45. The molecule has 4 aliphatic carbocycles. The van der Waals surface area contributed by atoms with Gasteiger partial charge in [-0.05, 0) is 72.8 Å². The third-order valence-electron chi connectivity index (χ3n) is 10.8. The highest BCUT2D eigenvalue weighted by Gasteiger charge is 2.72. The van der Waals surface area contributed by atoms with E-state index in [0.29, 0.717) is 23.5 Å². The Morgan fingerprint density at radius 2 is 1.74 bits per heavy atom. The zero-order chi connectivity index (χ0) is 31.8. The summed E-state index contributed by atoms with van der Waals surface area (Å²) in [5.74, 6) is -4.70. The average Bonchev–Trinajstić information content (AvgIpc) is 3.45. The number of carbonyl (C=O) groups is 3. The van der Waals surface area contributed by atoms with Crippen LogP contribution in [0.2, 0.25) is 0 Å². The van der Waals surface area contributed by atoms with E-state index in [0.717, 1.165) is 37.3 Å². The molecule has 1 fully saturated rings. The summed E-state index contributed by atoms with van der Waals surface area (Å²) < 4.78 is 0. The molecule has 0 bridgehead atoms. The van der Waals surface area contributed by atoms with Gasteiger partial charge in [0, 0.05) is 22.3 Å². The molecular formula is C36H44O7. The number of hydrogen-bond acceptors (Lipinski definition) is 7. The van der Waals surface area contributed by atoms with Crippen LogP contribution in [0, 0.1) is 28.6 Å². The maximum absolute atomic E-state index is 14.6. The number of allylic oxidation sites excluding steroid dienone is 5. The largest absolute Gasteiger partial charge is 0.508 e. The van der Waals surface area contributed by atoms with E-state index in [4.69, 9.17) is 0 Å². The molecule has 1 aromatic carbocycles. The molecule has 0 aliphatic heterocycles. The number of Topliss-reactive ketones (excluding diaryl/α,β-unsaturated/α-hetero) is 3. The van der Waals surface area contributed by atoms with E-state index in [9.17, 15) is 34.8 Å². The number of phenols is 1. The number of ketones is 3. The van der Waals surface area contributed by atoms with E-state index >= 15 is 0 Å². The molecule has 0 heterocycles. The van der Waals surface area contributed by atoms with Gasteiger partial charge in [-0.3, -0.25) is 14.4 Å². The maximum Gasteiger partial charge on any atom is 0.203 e. The van der Waals surface area contributed by atoms with Gasteiger partial charge < -0.3 is 20.4 Å². The van der Waals surface area contributed by atoms with Crippen LogP contribution in [0.4, 0.5) is 0 Å². The fourth-order valence-electron chi connectivity index (χ4n) is 8.80. The molecule has 230 valence electrons. The number of fused-ring (bicyclic) bond motifs is 3. The van der Waals surface area contributed by atoms with Gasteiger partial charge in [0.2, 0.25) is 5.78 Å². The molecule has 0 radical (unpaired) electrons. The van der Waals surface area contributed by atoms with Crippen molar-refractivity contribution in [3.63, 3.8) is 0 Å². The summed E-state index contributed by atoms with van der Waals surface area (Å²) >= 11 is 0. The van der Waals surface area contributed by atoms with Crippen molar-refractivity contribution < 1.29 is 34.8 Å². The number of benzene rings is 1. The van der Waals surface area contributed by atoms with Crippen LogP contribution in [0.15, 0.2) is 41.2 Å². The van der Waals surface area contributed by atoms with Gasteiger partial charge in [-0.25, -0.2) is 0 Å².